The molecule has 2 rings (SSSR count). The zero-order valence-corrected chi connectivity index (χ0v) is 11.2. The van der Waals surface area contributed by atoms with Gasteiger partial charge in [-0.15, -0.1) is 0 Å². The van der Waals surface area contributed by atoms with E-state index in [1.54, 1.807) is 12.1 Å². The fourth-order valence-corrected chi connectivity index (χ4v) is 2.34. The minimum absolute atomic E-state index is 0.0877. The van der Waals surface area contributed by atoms with Crippen LogP contribution in [0.4, 0.5) is 10.1 Å². The quantitative estimate of drug-likeness (QED) is 0.902. The van der Waals surface area contributed by atoms with Gasteiger partial charge in [0.15, 0.2) is 5.82 Å². The summed E-state index contributed by atoms with van der Waals surface area (Å²) >= 11 is 3.09. The Morgan fingerprint density at radius 3 is 3.06 bits per heavy atom. The summed E-state index contributed by atoms with van der Waals surface area (Å²) in [4.78, 5) is 1.81. The summed E-state index contributed by atoms with van der Waals surface area (Å²) in [6.45, 7) is 1.36. The topological polar surface area (TPSA) is 56.5 Å². The molecule has 0 aliphatic carbocycles. The third-order valence-corrected chi connectivity index (χ3v) is 3.64. The van der Waals surface area contributed by atoms with E-state index in [0.29, 0.717) is 25.4 Å². The molecule has 0 spiro atoms. The number of hydrogen-bond acceptors (Lipinski definition) is 4. The fourth-order valence-electron chi connectivity index (χ4n) is 1.92. The van der Waals surface area contributed by atoms with Gasteiger partial charge in [-0.3, -0.25) is 0 Å². The Hall–Kier alpha value is -1.16. The lowest BCUT2D eigenvalue weighted by atomic mass is 10.1. The third-order valence-electron chi connectivity index (χ3n) is 2.87. The third kappa shape index (κ3) is 2.48. The first kappa shape index (κ1) is 13.3. The van der Waals surface area contributed by atoms with E-state index in [0.717, 1.165) is 0 Å². The van der Waals surface area contributed by atoms with E-state index in [1.807, 2.05) is 11.0 Å². The second-order valence-corrected chi connectivity index (χ2v) is 4.79. The Morgan fingerprint density at radius 2 is 2.39 bits per heavy atom. The molecule has 1 fully saturated rings. The van der Waals surface area contributed by atoms with Crippen molar-refractivity contribution in [1.82, 2.24) is 0 Å². The number of ether oxygens (including phenoxy) is 1. The summed E-state index contributed by atoms with van der Waals surface area (Å²) in [5, 5.41) is 17.9. The minimum Gasteiger partial charge on any atom is -0.394 e. The smallest absolute Gasteiger partial charge is 0.161 e. The average molecular weight is 315 g/mol. The zero-order valence-electron chi connectivity index (χ0n) is 9.57. The summed E-state index contributed by atoms with van der Waals surface area (Å²) in [7, 11) is 0. The van der Waals surface area contributed by atoms with Gasteiger partial charge in [-0.2, -0.15) is 5.26 Å². The van der Waals surface area contributed by atoms with Crippen molar-refractivity contribution >= 4 is 21.6 Å². The maximum atomic E-state index is 14.1. The maximum Gasteiger partial charge on any atom is 0.161 e. The zero-order chi connectivity index (χ0) is 13.1. The van der Waals surface area contributed by atoms with Crippen molar-refractivity contribution in [3.8, 4) is 6.07 Å². The second kappa shape index (κ2) is 5.65. The molecule has 1 atom stereocenters. The highest BCUT2D eigenvalue weighted by Crippen LogP contribution is 2.30. The molecule has 4 nitrogen and oxygen atoms in total. The number of benzene rings is 1. The molecule has 1 aliphatic rings. The van der Waals surface area contributed by atoms with Gasteiger partial charge in [-0.05, 0) is 28.1 Å². The van der Waals surface area contributed by atoms with Crippen molar-refractivity contribution in [1.29, 1.82) is 5.26 Å². The van der Waals surface area contributed by atoms with Crippen LogP contribution in [0.2, 0.25) is 0 Å². The Balaban J connectivity index is 2.29. The van der Waals surface area contributed by atoms with Crippen LogP contribution >= 0.6 is 15.9 Å². The Kier molecular flexibility index (Phi) is 4.17. The fraction of sp³-hybridized carbons (Fsp3) is 0.417. The van der Waals surface area contributed by atoms with Gasteiger partial charge in [-0.1, -0.05) is 0 Å². The summed E-state index contributed by atoms with van der Waals surface area (Å²) in [5.74, 6) is -0.451. The van der Waals surface area contributed by atoms with E-state index in [2.05, 4.69) is 15.9 Å². The number of aliphatic hydroxyl groups excluding tert-OH is 1. The average Bonchev–Trinajstić information content (AvgIpc) is 2.42. The number of rotatable bonds is 2. The minimum atomic E-state index is -0.451. The predicted molar refractivity (Wildman–Crippen MR) is 67.9 cm³/mol. The first-order valence-electron chi connectivity index (χ1n) is 5.53. The molecule has 0 saturated carbocycles. The van der Waals surface area contributed by atoms with Gasteiger partial charge in [0, 0.05) is 13.1 Å². The first-order valence-corrected chi connectivity index (χ1v) is 6.32. The van der Waals surface area contributed by atoms with Gasteiger partial charge >= 0.3 is 0 Å². The summed E-state index contributed by atoms with van der Waals surface area (Å²) in [5.41, 5.74) is 0.686. The van der Waals surface area contributed by atoms with Crippen LogP contribution < -0.4 is 4.90 Å². The van der Waals surface area contributed by atoms with E-state index >= 15 is 0 Å². The summed E-state index contributed by atoms with van der Waals surface area (Å²) in [6.07, 6.45) is -0.299. The van der Waals surface area contributed by atoms with E-state index in [-0.39, 0.29) is 22.7 Å². The van der Waals surface area contributed by atoms with E-state index in [9.17, 15) is 4.39 Å². The molecule has 1 aliphatic heterocycles. The van der Waals surface area contributed by atoms with Crippen LogP contribution in [0.5, 0.6) is 0 Å². The van der Waals surface area contributed by atoms with Gasteiger partial charge in [0.1, 0.15) is 6.07 Å². The molecule has 0 bridgehead atoms. The molecule has 18 heavy (non-hydrogen) atoms. The molecule has 1 N–H and O–H groups in total. The van der Waals surface area contributed by atoms with Crippen LogP contribution in [0, 0.1) is 17.1 Å². The van der Waals surface area contributed by atoms with Gasteiger partial charge < -0.3 is 14.7 Å². The summed E-state index contributed by atoms with van der Waals surface area (Å²) in [6, 6.07) is 5.07. The molecule has 6 heteroatoms. The number of anilines is 1. The van der Waals surface area contributed by atoms with E-state index in [4.69, 9.17) is 15.1 Å². The predicted octanol–water partition coefficient (Wildman–Crippen LogP) is 1.66. The first-order chi connectivity index (χ1) is 8.67. The molecule has 1 unspecified atom stereocenters. The number of aliphatic hydroxyl groups is 1. The lowest BCUT2D eigenvalue weighted by Crippen LogP contribution is -2.44. The number of nitrogens with zero attached hydrogens (tertiary/aromatic N) is 2. The molecular formula is C12H12BrFN2O2. The highest BCUT2D eigenvalue weighted by Gasteiger charge is 2.23. The molecule has 0 radical (unpaired) electrons. The number of halogens is 2. The Labute approximate surface area is 113 Å². The van der Waals surface area contributed by atoms with Gasteiger partial charge in [0.2, 0.25) is 0 Å². The van der Waals surface area contributed by atoms with Crippen molar-refractivity contribution in [2.45, 2.75) is 6.10 Å². The maximum absolute atomic E-state index is 14.1. The molecule has 0 aromatic heterocycles. The molecule has 1 heterocycles. The lowest BCUT2D eigenvalue weighted by molar-refractivity contribution is 0.00340. The largest absolute Gasteiger partial charge is 0.394 e. The highest BCUT2D eigenvalue weighted by molar-refractivity contribution is 9.10. The van der Waals surface area contributed by atoms with Crippen molar-refractivity contribution < 1.29 is 14.2 Å². The molecular weight excluding hydrogens is 303 g/mol. The van der Waals surface area contributed by atoms with Crippen molar-refractivity contribution in [2.24, 2.45) is 0 Å². The molecule has 1 saturated heterocycles. The monoisotopic (exact) mass is 314 g/mol. The standard InChI is InChI=1S/C12H12BrFN2O2/c13-11-8(5-15)1-2-10(12(11)14)16-3-4-18-9(6-16)7-17/h1-2,9,17H,3-4,6-7H2. The number of hydrogen-bond donors (Lipinski definition) is 1. The normalized spacial score (nSPS) is 19.7. The van der Waals surface area contributed by atoms with Crippen LogP contribution in [0.15, 0.2) is 16.6 Å². The van der Waals surface area contributed by atoms with Crippen LogP contribution in [0.3, 0.4) is 0 Å². The number of morpholine rings is 1. The highest BCUT2D eigenvalue weighted by atomic mass is 79.9. The van der Waals surface area contributed by atoms with Crippen molar-refractivity contribution in [3.05, 3.63) is 28.0 Å². The van der Waals surface area contributed by atoms with Crippen molar-refractivity contribution in [2.75, 3.05) is 31.2 Å². The van der Waals surface area contributed by atoms with Crippen LogP contribution in [-0.2, 0) is 4.74 Å². The number of nitriles is 1. The van der Waals surface area contributed by atoms with Crippen molar-refractivity contribution in [3.63, 3.8) is 0 Å². The Morgan fingerprint density at radius 1 is 1.61 bits per heavy atom. The van der Waals surface area contributed by atoms with Crippen LogP contribution in [-0.4, -0.2) is 37.5 Å². The van der Waals surface area contributed by atoms with Gasteiger partial charge in [0.05, 0.1) is 35.0 Å². The molecule has 96 valence electrons. The van der Waals surface area contributed by atoms with Gasteiger partial charge in [-0.25, -0.2) is 4.39 Å². The van der Waals surface area contributed by atoms with Gasteiger partial charge in [0.25, 0.3) is 0 Å². The summed E-state index contributed by atoms with van der Waals surface area (Å²) < 4.78 is 19.6. The lowest BCUT2D eigenvalue weighted by Gasteiger charge is -2.34. The van der Waals surface area contributed by atoms with Crippen LogP contribution in [0.25, 0.3) is 0 Å². The SMILES string of the molecule is N#Cc1ccc(N2CCOC(CO)C2)c(F)c1Br. The Bertz CT molecular complexity index is 490. The van der Waals surface area contributed by atoms with Crippen LogP contribution in [0.1, 0.15) is 5.56 Å². The van der Waals surface area contributed by atoms with E-state index < -0.39 is 5.82 Å². The molecule has 1 aromatic carbocycles. The van der Waals surface area contributed by atoms with E-state index in [1.165, 1.54) is 0 Å². The molecule has 1 aromatic rings. The second-order valence-electron chi connectivity index (χ2n) is 3.99. The molecule has 0 amide bonds.